The standard InChI is InChI=1S/C14H21N3OS/c1-3-11-9-17(6-7-19-11)13-5-4-10(8-12(13)15)14(18)16-2/h4-5,8,11H,3,6-7,9,15H2,1-2H3,(H,16,18). The normalized spacial score (nSPS) is 19.3. The first-order valence-electron chi connectivity index (χ1n) is 6.63. The van der Waals surface area contributed by atoms with E-state index in [0.29, 0.717) is 16.5 Å². The fraction of sp³-hybridized carbons (Fsp3) is 0.500. The van der Waals surface area contributed by atoms with E-state index in [1.807, 2.05) is 23.9 Å². The van der Waals surface area contributed by atoms with Crippen LogP contribution in [-0.4, -0.2) is 37.0 Å². The fourth-order valence-electron chi connectivity index (χ4n) is 2.31. The van der Waals surface area contributed by atoms with Gasteiger partial charge in [0.1, 0.15) is 0 Å². The Morgan fingerprint density at radius 3 is 3.00 bits per heavy atom. The van der Waals surface area contributed by atoms with Crippen LogP contribution < -0.4 is 16.0 Å². The predicted molar refractivity (Wildman–Crippen MR) is 83.0 cm³/mol. The van der Waals surface area contributed by atoms with Crippen molar-refractivity contribution in [1.29, 1.82) is 0 Å². The molecule has 0 aliphatic carbocycles. The van der Waals surface area contributed by atoms with Crippen molar-refractivity contribution in [1.82, 2.24) is 5.32 Å². The van der Waals surface area contributed by atoms with Gasteiger partial charge < -0.3 is 16.0 Å². The Kier molecular flexibility index (Phi) is 4.58. The van der Waals surface area contributed by atoms with Crippen molar-refractivity contribution in [3.8, 4) is 0 Å². The molecule has 3 N–H and O–H groups in total. The molecule has 1 amide bonds. The van der Waals surface area contributed by atoms with Crippen LogP contribution in [0.1, 0.15) is 23.7 Å². The number of carbonyl (C=O) groups excluding carboxylic acids is 1. The molecule has 4 nitrogen and oxygen atoms in total. The monoisotopic (exact) mass is 279 g/mol. The van der Waals surface area contributed by atoms with Gasteiger partial charge in [-0.15, -0.1) is 0 Å². The minimum atomic E-state index is -0.0983. The lowest BCUT2D eigenvalue weighted by molar-refractivity contribution is 0.0963. The fourth-order valence-corrected chi connectivity index (χ4v) is 3.49. The van der Waals surface area contributed by atoms with Crippen molar-refractivity contribution in [2.75, 3.05) is 36.5 Å². The van der Waals surface area contributed by atoms with Gasteiger partial charge in [0, 0.05) is 36.7 Å². The van der Waals surface area contributed by atoms with Crippen LogP contribution >= 0.6 is 11.8 Å². The van der Waals surface area contributed by atoms with Gasteiger partial charge >= 0.3 is 0 Å². The summed E-state index contributed by atoms with van der Waals surface area (Å²) in [5.74, 6) is 1.04. The van der Waals surface area contributed by atoms with Gasteiger partial charge in [-0.1, -0.05) is 6.92 Å². The number of amides is 1. The van der Waals surface area contributed by atoms with Crippen LogP contribution in [0.2, 0.25) is 0 Å². The summed E-state index contributed by atoms with van der Waals surface area (Å²) in [4.78, 5) is 13.9. The summed E-state index contributed by atoms with van der Waals surface area (Å²) in [5, 5.41) is 3.29. The molecule has 1 heterocycles. The zero-order valence-corrected chi connectivity index (χ0v) is 12.3. The molecule has 2 rings (SSSR count). The third-order valence-corrected chi connectivity index (χ3v) is 4.82. The molecule has 1 aliphatic rings. The Bertz CT molecular complexity index is 464. The second-order valence-electron chi connectivity index (χ2n) is 4.70. The molecule has 19 heavy (non-hydrogen) atoms. The molecule has 1 aromatic rings. The molecular formula is C14H21N3OS. The molecule has 0 bridgehead atoms. The Labute approximate surface area is 118 Å². The summed E-state index contributed by atoms with van der Waals surface area (Å²) in [7, 11) is 1.63. The average Bonchev–Trinajstić information content (AvgIpc) is 2.46. The molecule has 104 valence electrons. The van der Waals surface area contributed by atoms with E-state index in [0.717, 1.165) is 24.5 Å². The summed E-state index contributed by atoms with van der Waals surface area (Å²) in [6, 6.07) is 5.56. The Morgan fingerprint density at radius 1 is 1.58 bits per heavy atom. The molecule has 1 aliphatic heterocycles. The highest BCUT2D eigenvalue weighted by Crippen LogP contribution is 2.30. The maximum Gasteiger partial charge on any atom is 0.251 e. The highest BCUT2D eigenvalue weighted by Gasteiger charge is 2.21. The maximum atomic E-state index is 11.6. The smallest absolute Gasteiger partial charge is 0.251 e. The second-order valence-corrected chi connectivity index (χ2v) is 6.11. The maximum absolute atomic E-state index is 11.6. The zero-order chi connectivity index (χ0) is 13.8. The van der Waals surface area contributed by atoms with E-state index < -0.39 is 0 Å². The third kappa shape index (κ3) is 3.15. The Hall–Kier alpha value is -1.36. The number of carbonyl (C=O) groups is 1. The first kappa shape index (κ1) is 14.1. The van der Waals surface area contributed by atoms with E-state index in [9.17, 15) is 4.79 Å². The molecule has 0 radical (unpaired) electrons. The van der Waals surface area contributed by atoms with Crippen LogP contribution in [-0.2, 0) is 0 Å². The third-order valence-electron chi connectivity index (χ3n) is 3.45. The van der Waals surface area contributed by atoms with Crippen LogP contribution in [0.3, 0.4) is 0 Å². The molecule has 1 aromatic carbocycles. The molecule has 1 atom stereocenters. The largest absolute Gasteiger partial charge is 0.397 e. The van der Waals surface area contributed by atoms with Crippen LogP contribution in [0.15, 0.2) is 18.2 Å². The van der Waals surface area contributed by atoms with Gasteiger partial charge in [-0.25, -0.2) is 0 Å². The van der Waals surface area contributed by atoms with Gasteiger partial charge in [0.15, 0.2) is 0 Å². The lowest BCUT2D eigenvalue weighted by Crippen LogP contribution is -2.38. The van der Waals surface area contributed by atoms with Gasteiger partial charge in [0.25, 0.3) is 5.91 Å². The van der Waals surface area contributed by atoms with Crippen molar-refractivity contribution in [2.24, 2.45) is 0 Å². The lowest BCUT2D eigenvalue weighted by Gasteiger charge is -2.34. The lowest BCUT2D eigenvalue weighted by atomic mass is 10.1. The van der Waals surface area contributed by atoms with Crippen molar-refractivity contribution in [2.45, 2.75) is 18.6 Å². The minimum Gasteiger partial charge on any atom is -0.397 e. The number of nitrogen functional groups attached to an aromatic ring is 1. The summed E-state index contributed by atoms with van der Waals surface area (Å²) in [6.45, 7) is 4.27. The van der Waals surface area contributed by atoms with E-state index in [4.69, 9.17) is 5.73 Å². The topological polar surface area (TPSA) is 58.4 Å². The molecule has 5 heteroatoms. The van der Waals surface area contributed by atoms with Gasteiger partial charge in [-0.2, -0.15) is 11.8 Å². The number of benzene rings is 1. The Morgan fingerprint density at radius 2 is 2.37 bits per heavy atom. The van der Waals surface area contributed by atoms with Crippen LogP contribution in [0, 0.1) is 0 Å². The van der Waals surface area contributed by atoms with E-state index in [-0.39, 0.29) is 5.91 Å². The van der Waals surface area contributed by atoms with E-state index >= 15 is 0 Å². The first-order valence-corrected chi connectivity index (χ1v) is 7.68. The van der Waals surface area contributed by atoms with Crippen molar-refractivity contribution < 1.29 is 4.79 Å². The molecule has 1 saturated heterocycles. The quantitative estimate of drug-likeness (QED) is 0.831. The minimum absolute atomic E-state index is 0.0983. The first-order chi connectivity index (χ1) is 9.15. The van der Waals surface area contributed by atoms with Gasteiger partial charge in [0.05, 0.1) is 11.4 Å². The number of nitrogens with zero attached hydrogens (tertiary/aromatic N) is 1. The number of hydrogen-bond acceptors (Lipinski definition) is 4. The summed E-state index contributed by atoms with van der Waals surface area (Å²) < 4.78 is 0. The number of rotatable bonds is 3. The molecule has 1 unspecified atom stereocenters. The summed E-state index contributed by atoms with van der Waals surface area (Å²) in [5.41, 5.74) is 8.45. The number of nitrogens with one attached hydrogen (secondary N) is 1. The van der Waals surface area contributed by atoms with Crippen molar-refractivity contribution in [3.63, 3.8) is 0 Å². The van der Waals surface area contributed by atoms with E-state index in [2.05, 4.69) is 17.1 Å². The number of anilines is 2. The van der Waals surface area contributed by atoms with Crippen LogP contribution in [0.4, 0.5) is 11.4 Å². The number of nitrogens with two attached hydrogens (primary N) is 1. The average molecular weight is 279 g/mol. The van der Waals surface area contributed by atoms with Gasteiger partial charge in [-0.05, 0) is 24.6 Å². The van der Waals surface area contributed by atoms with Crippen molar-refractivity contribution in [3.05, 3.63) is 23.8 Å². The van der Waals surface area contributed by atoms with Crippen LogP contribution in [0.25, 0.3) is 0 Å². The molecular weight excluding hydrogens is 258 g/mol. The van der Waals surface area contributed by atoms with E-state index in [1.54, 1.807) is 13.1 Å². The molecule has 0 aromatic heterocycles. The van der Waals surface area contributed by atoms with Gasteiger partial charge in [-0.3, -0.25) is 4.79 Å². The number of thioether (sulfide) groups is 1. The highest BCUT2D eigenvalue weighted by molar-refractivity contribution is 8.00. The summed E-state index contributed by atoms with van der Waals surface area (Å²) >= 11 is 2.03. The van der Waals surface area contributed by atoms with Gasteiger partial charge in [0.2, 0.25) is 0 Å². The molecule has 1 fully saturated rings. The van der Waals surface area contributed by atoms with Crippen LogP contribution in [0.5, 0.6) is 0 Å². The summed E-state index contributed by atoms with van der Waals surface area (Å²) in [6.07, 6.45) is 1.18. The SMILES string of the molecule is CCC1CN(c2ccc(C(=O)NC)cc2N)CCS1. The number of hydrogen-bond donors (Lipinski definition) is 2. The zero-order valence-electron chi connectivity index (χ0n) is 11.5. The van der Waals surface area contributed by atoms with E-state index in [1.165, 1.54) is 6.42 Å². The molecule has 0 saturated carbocycles. The molecule has 0 spiro atoms. The highest BCUT2D eigenvalue weighted by atomic mass is 32.2. The second kappa shape index (κ2) is 6.19. The Balaban J connectivity index is 2.18. The predicted octanol–water partition coefficient (Wildman–Crippen LogP) is 1.96. The van der Waals surface area contributed by atoms with Crippen molar-refractivity contribution >= 4 is 29.0 Å².